The van der Waals surface area contributed by atoms with Crippen LogP contribution in [-0.2, 0) is 16.1 Å². The van der Waals surface area contributed by atoms with Gasteiger partial charge in [-0.2, -0.15) is 0 Å². The van der Waals surface area contributed by atoms with Crippen molar-refractivity contribution in [3.63, 3.8) is 0 Å². The van der Waals surface area contributed by atoms with E-state index in [1.54, 1.807) is 37.3 Å². The molecule has 0 aromatic heterocycles. The van der Waals surface area contributed by atoms with Gasteiger partial charge in [0.1, 0.15) is 0 Å². The molecule has 0 spiro atoms. The molecule has 2 N–H and O–H groups in total. The quantitative estimate of drug-likeness (QED) is 0.735. The predicted molar refractivity (Wildman–Crippen MR) is 75.5 cm³/mol. The average Bonchev–Trinajstić information content (AvgIpc) is 2.39. The summed E-state index contributed by atoms with van der Waals surface area (Å²) in [6.07, 6.45) is 0. The van der Waals surface area contributed by atoms with Crippen LogP contribution < -0.4 is 10.2 Å². The number of carbonyl (C=O) groups excluding carboxylic acids is 1. The van der Waals surface area contributed by atoms with Crippen molar-refractivity contribution in [3.8, 4) is 0 Å². The predicted octanol–water partition coefficient (Wildman–Crippen LogP) is 1.03. The van der Waals surface area contributed by atoms with Gasteiger partial charge < -0.3 is 20.1 Å². The van der Waals surface area contributed by atoms with Gasteiger partial charge in [0.2, 0.25) is 5.91 Å². The second kappa shape index (κ2) is 7.99. The van der Waals surface area contributed by atoms with Gasteiger partial charge in [-0.3, -0.25) is 4.79 Å². The number of carbonyl (C=O) groups is 1. The molecule has 0 aliphatic carbocycles. The van der Waals surface area contributed by atoms with Crippen LogP contribution in [-0.4, -0.2) is 44.9 Å². The largest absolute Gasteiger partial charge is 0.392 e. The average molecular weight is 287 g/mol. The highest BCUT2D eigenvalue weighted by Crippen LogP contribution is 2.23. The van der Waals surface area contributed by atoms with E-state index in [9.17, 15) is 9.90 Å². The molecule has 6 heteroatoms. The minimum Gasteiger partial charge on any atom is -0.392 e. The van der Waals surface area contributed by atoms with E-state index in [1.165, 1.54) is 0 Å². The second-order valence-electron chi connectivity index (χ2n) is 4.13. The molecule has 19 heavy (non-hydrogen) atoms. The molecule has 0 unspecified atom stereocenters. The fourth-order valence-electron chi connectivity index (χ4n) is 1.68. The minimum atomic E-state index is -0.108. The zero-order valence-electron chi connectivity index (χ0n) is 11.1. The van der Waals surface area contributed by atoms with Crippen molar-refractivity contribution in [2.24, 2.45) is 0 Å². The summed E-state index contributed by atoms with van der Waals surface area (Å²) in [7, 11) is 3.36. The van der Waals surface area contributed by atoms with Crippen molar-refractivity contribution in [2.45, 2.75) is 6.61 Å². The molecule has 0 heterocycles. The van der Waals surface area contributed by atoms with Gasteiger partial charge in [-0.25, -0.2) is 0 Å². The number of ether oxygens (including phenoxy) is 1. The number of nitrogens with zero attached hydrogens (tertiary/aromatic N) is 1. The number of halogens is 1. The van der Waals surface area contributed by atoms with Crippen LogP contribution in [0.3, 0.4) is 0 Å². The molecule has 0 saturated heterocycles. The summed E-state index contributed by atoms with van der Waals surface area (Å²) in [5, 5.41) is 12.6. The SMILES string of the molecule is COCCNC(=O)CN(C)c1cc(Cl)ccc1CO. The molecule has 0 bridgehead atoms. The van der Waals surface area contributed by atoms with Gasteiger partial charge in [0.25, 0.3) is 0 Å². The second-order valence-corrected chi connectivity index (χ2v) is 4.57. The lowest BCUT2D eigenvalue weighted by Gasteiger charge is -2.21. The Morgan fingerprint density at radius 3 is 2.89 bits per heavy atom. The minimum absolute atomic E-state index is 0.0951. The fraction of sp³-hybridized carbons (Fsp3) is 0.462. The van der Waals surface area contributed by atoms with Crippen LogP contribution in [0.1, 0.15) is 5.56 Å². The van der Waals surface area contributed by atoms with Crippen LogP contribution in [0.25, 0.3) is 0 Å². The van der Waals surface area contributed by atoms with Crippen molar-refractivity contribution >= 4 is 23.2 Å². The summed E-state index contributed by atoms with van der Waals surface area (Å²) in [5.74, 6) is -0.108. The lowest BCUT2D eigenvalue weighted by molar-refractivity contribution is -0.119. The smallest absolute Gasteiger partial charge is 0.239 e. The van der Waals surface area contributed by atoms with E-state index in [0.29, 0.717) is 18.2 Å². The summed E-state index contributed by atoms with van der Waals surface area (Å²) in [4.78, 5) is 13.4. The number of nitrogens with one attached hydrogen (secondary N) is 1. The number of aliphatic hydroxyl groups is 1. The van der Waals surface area contributed by atoms with Crippen molar-refractivity contribution < 1.29 is 14.6 Å². The lowest BCUT2D eigenvalue weighted by Crippen LogP contribution is -2.37. The van der Waals surface area contributed by atoms with E-state index in [4.69, 9.17) is 16.3 Å². The van der Waals surface area contributed by atoms with E-state index in [2.05, 4.69) is 5.32 Å². The molecule has 1 aromatic rings. The molecular weight excluding hydrogens is 268 g/mol. The monoisotopic (exact) mass is 286 g/mol. The van der Waals surface area contributed by atoms with Crippen LogP contribution in [0, 0.1) is 0 Å². The molecular formula is C13H19ClN2O3. The Morgan fingerprint density at radius 1 is 1.53 bits per heavy atom. The summed E-state index contributed by atoms with van der Waals surface area (Å²) in [6, 6.07) is 5.19. The van der Waals surface area contributed by atoms with Crippen molar-refractivity contribution in [2.75, 3.05) is 38.8 Å². The number of rotatable bonds is 7. The third kappa shape index (κ3) is 5.06. The first-order valence-corrected chi connectivity index (χ1v) is 6.32. The Morgan fingerprint density at radius 2 is 2.26 bits per heavy atom. The number of anilines is 1. The van der Waals surface area contributed by atoms with Gasteiger partial charge in [0.05, 0.1) is 19.8 Å². The van der Waals surface area contributed by atoms with Crippen LogP contribution in [0.15, 0.2) is 18.2 Å². The van der Waals surface area contributed by atoms with E-state index in [-0.39, 0.29) is 19.1 Å². The number of hydrogen-bond acceptors (Lipinski definition) is 4. The highest BCUT2D eigenvalue weighted by atomic mass is 35.5. The Balaban J connectivity index is 2.64. The maximum absolute atomic E-state index is 11.7. The van der Waals surface area contributed by atoms with Crippen LogP contribution in [0.5, 0.6) is 0 Å². The molecule has 106 valence electrons. The lowest BCUT2D eigenvalue weighted by atomic mass is 10.1. The number of likely N-dealkylation sites (N-methyl/N-ethyl adjacent to an activating group) is 1. The molecule has 1 rings (SSSR count). The van der Waals surface area contributed by atoms with Crippen molar-refractivity contribution in [1.82, 2.24) is 5.32 Å². The molecule has 0 radical (unpaired) electrons. The molecule has 0 aliphatic rings. The number of amides is 1. The maximum Gasteiger partial charge on any atom is 0.239 e. The van der Waals surface area contributed by atoms with E-state index in [1.807, 2.05) is 0 Å². The Labute approximate surface area is 118 Å². The Bertz CT molecular complexity index is 426. The molecule has 1 aromatic carbocycles. The van der Waals surface area contributed by atoms with Gasteiger partial charge in [0.15, 0.2) is 0 Å². The third-order valence-electron chi connectivity index (χ3n) is 2.64. The number of benzene rings is 1. The third-order valence-corrected chi connectivity index (χ3v) is 2.87. The molecule has 0 fully saturated rings. The van der Waals surface area contributed by atoms with E-state index < -0.39 is 0 Å². The molecule has 0 atom stereocenters. The molecule has 0 aliphatic heterocycles. The van der Waals surface area contributed by atoms with Crippen LogP contribution >= 0.6 is 11.6 Å². The Kier molecular flexibility index (Phi) is 6.62. The highest BCUT2D eigenvalue weighted by molar-refractivity contribution is 6.30. The first-order chi connectivity index (χ1) is 9.08. The van der Waals surface area contributed by atoms with Gasteiger partial charge in [-0.1, -0.05) is 17.7 Å². The topological polar surface area (TPSA) is 61.8 Å². The van der Waals surface area contributed by atoms with Gasteiger partial charge >= 0.3 is 0 Å². The number of aliphatic hydroxyl groups excluding tert-OH is 1. The summed E-state index contributed by atoms with van der Waals surface area (Å²) in [5.41, 5.74) is 1.48. The van der Waals surface area contributed by atoms with Crippen LogP contribution in [0.2, 0.25) is 5.02 Å². The molecule has 0 saturated carbocycles. The fourth-order valence-corrected chi connectivity index (χ4v) is 1.84. The number of hydrogen-bond donors (Lipinski definition) is 2. The summed E-state index contributed by atoms with van der Waals surface area (Å²) >= 11 is 5.93. The van der Waals surface area contributed by atoms with E-state index >= 15 is 0 Å². The van der Waals surface area contributed by atoms with Crippen molar-refractivity contribution in [3.05, 3.63) is 28.8 Å². The molecule has 1 amide bonds. The standard InChI is InChI=1S/C13H19ClN2O3/c1-16(8-13(18)15-5-6-19-2)12-7-11(14)4-3-10(12)9-17/h3-4,7,17H,5-6,8-9H2,1-2H3,(H,15,18). The summed E-state index contributed by atoms with van der Waals surface area (Å²) in [6.45, 7) is 1.05. The molecule has 5 nitrogen and oxygen atoms in total. The maximum atomic E-state index is 11.7. The van der Waals surface area contributed by atoms with Crippen LogP contribution in [0.4, 0.5) is 5.69 Å². The first-order valence-electron chi connectivity index (χ1n) is 5.94. The number of methoxy groups -OCH3 is 1. The first kappa shape index (κ1) is 15.8. The zero-order chi connectivity index (χ0) is 14.3. The van der Waals surface area contributed by atoms with Gasteiger partial charge in [0, 0.05) is 37.0 Å². The van der Waals surface area contributed by atoms with Gasteiger partial charge in [-0.05, 0) is 12.1 Å². The Hall–Kier alpha value is -1.30. The van der Waals surface area contributed by atoms with Crippen molar-refractivity contribution in [1.29, 1.82) is 0 Å². The van der Waals surface area contributed by atoms with E-state index in [0.717, 1.165) is 11.3 Å². The summed E-state index contributed by atoms with van der Waals surface area (Å²) < 4.78 is 4.86. The van der Waals surface area contributed by atoms with Gasteiger partial charge in [-0.15, -0.1) is 0 Å². The normalized spacial score (nSPS) is 10.3. The zero-order valence-corrected chi connectivity index (χ0v) is 11.9. The highest BCUT2D eigenvalue weighted by Gasteiger charge is 2.11.